The molecule has 0 aliphatic rings. The Kier molecular flexibility index (Phi) is 5.32. The normalized spacial score (nSPS) is 12.6. The lowest BCUT2D eigenvalue weighted by Crippen LogP contribution is -2.19. The lowest BCUT2D eigenvalue weighted by atomic mass is 10.1. The van der Waals surface area contributed by atoms with Gasteiger partial charge in [0.25, 0.3) is 0 Å². The van der Waals surface area contributed by atoms with Crippen molar-refractivity contribution >= 4 is 11.3 Å². The molecule has 1 heterocycles. The fourth-order valence-corrected chi connectivity index (χ4v) is 3.53. The molecule has 0 amide bonds. The van der Waals surface area contributed by atoms with Crippen molar-refractivity contribution < 1.29 is 4.39 Å². The molecule has 1 N–H and O–H groups in total. The molecule has 1 aromatic carbocycles. The first kappa shape index (κ1) is 15.2. The number of rotatable bonds is 6. The predicted molar refractivity (Wildman–Crippen MR) is 85.8 cm³/mol. The van der Waals surface area contributed by atoms with Crippen LogP contribution < -0.4 is 5.32 Å². The molecular weight excluding hydrogens is 269 g/mol. The van der Waals surface area contributed by atoms with E-state index in [4.69, 9.17) is 0 Å². The molecule has 0 bridgehead atoms. The van der Waals surface area contributed by atoms with E-state index in [0.717, 1.165) is 29.8 Å². The van der Waals surface area contributed by atoms with Gasteiger partial charge in [-0.1, -0.05) is 31.9 Å². The third-order valence-electron chi connectivity index (χ3n) is 3.39. The highest BCUT2D eigenvalue weighted by Crippen LogP contribution is 2.34. The van der Waals surface area contributed by atoms with Crippen molar-refractivity contribution in [1.29, 1.82) is 0 Å². The molecule has 2 aromatic rings. The Morgan fingerprint density at radius 3 is 2.70 bits per heavy atom. The van der Waals surface area contributed by atoms with Crippen molar-refractivity contribution in [3.63, 3.8) is 0 Å². The molecule has 1 aromatic heterocycles. The minimum absolute atomic E-state index is 0.139. The molecule has 2 rings (SSSR count). The van der Waals surface area contributed by atoms with Gasteiger partial charge in [-0.05, 0) is 44.2 Å². The summed E-state index contributed by atoms with van der Waals surface area (Å²) < 4.78 is 14.0. The summed E-state index contributed by atoms with van der Waals surface area (Å²) in [5, 5.41) is 3.51. The molecule has 0 radical (unpaired) electrons. The first-order valence-electron chi connectivity index (χ1n) is 7.25. The van der Waals surface area contributed by atoms with Crippen molar-refractivity contribution in [2.24, 2.45) is 0 Å². The Hall–Kier alpha value is -1.19. The summed E-state index contributed by atoms with van der Waals surface area (Å²) in [7, 11) is 0. The topological polar surface area (TPSA) is 12.0 Å². The van der Waals surface area contributed by atoms with E-state index in [2.05, 4.69) is 25.2 Å². The molecule has 1 atom stereocenters. The van der Waals surface area contributed by atoms with Gasteiger partial charge in [0.1, 0.15) is 5.82 Å². The number of thiophene rings is 1. The first-order chi connectivity index (χ1) is 9.65. The average Bonchev–Trinajstić information content (AvgIpc) is 2.91. The number of nitrogens with one attached hydrogen (secondary N) is 1. The van der Waals surface area contributed by atoms with Crippen molar-refractivity contribution in [3.8, 4) is 10.4 Å². The second-order valence-electron chi connectivity index (χ2n) is 5.08. The Morgan fingerprint density at radius 2 is 2.00 bits per heavy atom. The molecule has 0 aliphatic heterocycles. The van der Waals surface area contributed by atoms with E-state index in [0.29, 0.717) is 11.6 Å². The van der Waals surface area contributed by atoms with E-state index in [1.54, 1.807) is 17.4 Å². The third kappa shape index (κ3) is 3.47. The first-order valence-corrected chi connectivity index (χ1v) is 8.07. The van der Waals surface area contributed by atoms with Crippen LogP contribution in [-0.2, 0) is 0 Å². The van der Waals surface area contributed by atoms with Crippen LogP contribution in [0, 0.1) is 12.7 Å². The minimum Gasteiger partial charge on any atom is -0.310 e. The highest BCUT2D eigenvalue weighted by molar-refractivity contribution is 7.15. The van der Waals surface area contributed by atoms with E-state index in [9.17, 15) is 4.39 Å². The second kappa shape index (κ2) is 7.00. The van der Waals surface area contributed by atoms with Gasteiger partial charge in [-0.25, -0.2) is 4.39 Å². The van der Waals surface area contributed by atoms with Crippen LogP contribution in [-0.4, -0.2) is 6.54 Å². The monoisotopic (exact) mass is 291 g/mol. The maximum atomic E-state index is 14.0. The predicted octanol–water partition coefficient (Wildman–Crippen LogP) is 5.31. The van der Waals surface area contributed by atoms with Crippen LogP contribution in [0.15, 0.2) is 30.3 Å². The van der Waals surface area contributed by atoms with Gasteiger partial charge in [-0.2, -0.15) is 0 Å². The van der Waals surface area contributed by atoms with Crippen LogP contribution in [0.3, 0.4) is 0 Å². The van der Waals surface area contributed by atoms with Gasteiger partial charge in [0.15, 0.2) is 0 Å². The Morgan fingerprint density at radius 1 is 1.20 bits per heavy atom. The van der Waals surface area contributed by atoms with Crippen LogP contribution in [0.2, 0.25) is 0 Å². The summed E-state index contributed by atoms with van der Waals surface area (Å²) in [6.45, 7) is 7.27. The molecule has 0 saturated heterocycles. The van der Waals surface area contributed by atoms with Crippen LogP contribution >= 0.6 is 11.3 Å². The largest absolute Gasteiger partial charge is 0.310 e. The van der Waals surface area contributed by atoms with Crippen molar-refractivity contribution in [1.82, 2.24) is 5.32 Å². The number of benzene rings is 1. The number of aryl methyl sites for hydroxylation is 1. The third-order valence-corrected chi connectivity index (χ3v) is 4.62. The van der Waals surface area contributed by atoms with Gasteiger partial charge in [0, 0.05) is 21.4 Å². The Balaban J connectivity index is 2.29. The molecule has 1 unspecified atom stereocenters. The lowest BCUT2D eigenvalue weighted by molar-refractivity contribution is 0.516. The van der Waals surface area contributed by atoms with Crippen LogP contribution in [0.1, 0.15) is 43.2 Å². The maximum absolute atomic E-state index is 14.0. The SMILES string of the molecule is CCCC(NCC)c1ccc(-c2cc(C)ccc2F)s1. The van der Waals surface area contributed by atoms with Gasteiger partial charge >= 0.3 is 0 Å². The van der Waals surface area contributed by atoms with E-state index in [-0.39, 0.29) is 5.82 Å². The molecule has 20 heavy (non-hydrogen) atoms. The summed E-state index contributed by atoms with van der Waals surface area (Å²) in [5.41, 5.74) is 1.81. The van der Waals surface area contributed by atoms with Crippen molar-refractivity contribution in [2.75, 3.05) is 6.54 Å². The van der Waals surface area contributed by atoms with Crippen molar-refractivity contribution in [2.45, 2.75) is 39.7 Å². The summed E-state index contributed by atoms with van der Waals surface area (Å²) in [6, 6.07) is 9.84. The quantitative estimate of drug-likeness (QED) is 0.760. The summed E-state index contributed by atoms with van der Waals surface area (Å²) in [5.74, 6) is -0.139. The summed E-state index contributed by atoms with van der Waals surface area (Å²) >= 11 is 1.69. The zero-order valence-electron chi connectivity index (χ0n) is 12.4. The fraction of sp³-hybridized carbons (Fsp3) is 0.412. The number of halogens is 1. The standard InChI is InChI=1S/C17H22FNS/c1-4-6-15(19-5-2)17-10-9-16(20-17)13-11-12(3)7-8-14(13)18/h7-11,15,19H,4-6H2,1-3H3. The Labute approximate surface area is 124 Å². The van der Waals surface area contributed by atoms with Crippen molar-refractivity contribution in [3.05, 3.63) is 46.6 Å². The van der Waals surface area contributed by atoms with E-state index in [1.165, 1.54) is 4.88 Å². The summed E-state index contributed by atoms with van der Waals surface area (Å²) in [6.07, 6.45) is 2.26. The van der Waals surface area contributed by atoms with Gasteiger partial charge in [0.2, 0.25) is 0 Å². The molecular formula is C17H22FNS. The minimum atomic E-state index is -0.139. The molecule has 0 aliphatic carbocycles. The summed E-state index contributed by atoms with van der Waals surface area (Å²) in [4.78, 5) is 2.31. The average molecular weight is 291 g/mol. The maximum Gasteiger partial charge on any atom is 0.131 e. The highest BCUT2D eigenvalue weighted by atomic mass is 32.1. The number of hydrogen-bond acceptors (Lipinski definition) is 2. The highest BCUT2D eigenvalue weighted by Gasteiger charge is 2.14. The van der Waals surface area contributed by atoms with E-state index in [1.807, 2.05) is 25.1 Å². The molecule has 0 spiro atoms. The van der Waals surface area contributed by atoms with Crippen LogP contribution in [0.25, 0.3) is 10.4 Å². The van der Waals surface area contributed by atoms with E-state index < -0.39 is 0 Å². The molecule has 1 nitrogen and oxygen atoms in total. The van der Waals surface area contributed by atoms with Gasteiger partial charge in [-0.3, -0.25) is 0 Å². The Bertz CT molecular complexity index is 556. The molecule has 108 valence electrons. The van der Waals surface area contributed by atoms with Crippen LogP contribution in [0.5, 0.6) is 0 Å². The van der Waals surface area contributed by atoms with Gasteiger partial charge in [-0.15, -0.1) is 11.3 Å². The second-order valence-corrected chi connectivity index (χ2v) is 6.20. The smallest absolute Gasteiger partial charge is 0.131 e. The zero-order valence-corrected chi connectivity index (χ0v) is 13.2. The van der Waals surface area contributed by atoms with E-state index >= 15 is 0 Å². The zero-order chi connectivity index (χ0) is 14.5. The van der Waals surface area contributed by atoms with Gasteiger partial charge < -0.3 is 5.32 Å². The molecule has 0 saturated carbocycles. The number of hydrogen-bond donors (Lipinski definition) is 1. The van der Waals surface area contributed by atoms with Gasteiger partial charge in [0.05, 0.1) is 0 Å². The fourth-order valence-electron chi connectivity index (χ4n) is 2.39. The van der Waals surface area contributed by atoms with Crippen LogP contribution in [0.4, 0.5) is 4.39 Å². The molecule has 3 heteroatoms. The molecule has 0 fully saturated rings. The lowest BCUT2D eigenvalue weighted by Gasteiger charge is -2.15.